The number of nitro groups is 1. The van der Waals surface area contributed by atoms with E-state index in [0.717, 1.165) is 0 Å². The number of hydrogen-bond donors (Lipinski definition) is 0. The average molecular weight is 324 g/mol. The maximum atomic E-state index is 10.9. The molecule has 0 saturated heterocycles. The molecule has 16 heavy (non-hydrogen) atoms. The third-order valence-electron chi connectivity index (χ3n) is 1.64. The molecular formula is C7H3Cl5N2O2. The highest BCUT2D eigenvalue weighted by molar-refractivity contribution is 6.45. The van der Waals surface area contributed by atoms with Gasteiger partial charge in [0.1, 0.15) is 9.99 Å². The quantitative estimate of drug-likeness (QED) is 0.353. The predicted molar refractivity (Wildman–Crippen MR) is 64.8 cm³/mol. The van der Waals surface area contributed by atoms with Crippen molar-refractivity contribution < 1.29 is 4.92 Å². The standard InChI is InChI=1S/C7H3Cl5N2O2/c8-3-1-2(6(9)10)5(14(15)16)4(13-3)7(11)12/h1,6-7H. The van der Waals surface area contributed by atoms with Crippen LogP contribution in [0.2, 0.25) is 5.15 Å². The molecular weight excluding hydrogens is 321 g/mol. The summed E-state index contributed by atoms with van der Waals surface area (Å²) in [5.74, 6) is 0. The Balaban J connectivity index is 3.54. The fourth-order valence-electron chi connectivity index (χ4n) is 1.06. The molecule has 0 radical (unpaired) electrons. The summed E-state index contributed by atoms with van der Waals surface area (Å²) >= 11 is 27.9. The molecule has 1 aromatic heterocycles. The number of hydrogen-bond acceptors (Lipinski definition) is 3. The van der Waals surface area contributed by atoms with Crippen LogP contribution in [0, 0.1) is 10.1 Å². The largest absolute Gasteiger partial charge is 0.299 e. The van der Waals surface area contributed by atoms with Crippen molar-refractivity contribution in [3.8, 4) is 0 Å². The van der Waals surface area contributed by atoms with Crippen molar-refractivity contribution in [1.29, 1.82) is 0 Å². The van der Waals surface area contributed by atoms with Crippen molar-refractivity contribution in [3.63, 3.8) is 0 Å². The number of rotatable bonds is 3. The number of nitrogens with zero attached hydrogens (tertiary/aromatic N) is 2. The molecule has 0 saturated carbocycles. The van der Waals surface area contributed by atoms with Gasteiger partial charge in [0.2, 0.25) is 0 Å². The molecule has 0 fully saturated rings. The maximum Gasteiger partial charge on any atom is 0.299 e. The number of alkyl halides is 4. The van der Waals surface area contributed by atoms with Crippen LogP contribution in [-0.4, -0.2) is 9.91 Å². The lowest BCUT2D eigenvalue weighted by Crippen LogP contribution is -2.03. The maximum absolute atomic E-state index is 10.9. The van der Waals surface area contributed by atoms with E-state index in [2.05, 4.69) is 4.98 Å². The summed E-state index contributed by atoms with van der Waals surface area (Å²) in [4.78, 5) is 11.5. The molecule has 1 rings (SSSR count). The molecule has 0 bridgehead atoms. The zero-order chi connectivity index (χ0) is 12.5. The van der Waals surface area contributed by atoms with E-state index in [1.807, 2.05) is 0 Å². The Morgan fingerprint density at radius 2 is 1.81 bits per heavy atom. The Hall–Kier alpha value is -0.000000000000000111. The van der Waals surface area contributed by atoms with Crippen LogP contribution in [0.25, 0.3) is 0 Å². The van der Waals surface area contributed by atoms with Crippen molar-refractivity contribution in [2.45, 2.75) is 9.67 Å². The minimum atomic E-state index is -1.19. The third kappa shape index (κ3) is 3.02. The highest BCUT2D eigenvalue weighted by Gasteiger charge is 2.29. The molecule has 0 spiro atoms. The number of pyridine rings is 1. The summed E-state index contributed by atoms with van der Waals surface area (Å²) in [6.45, 7) is 0. The molecule has 0 aliphatic carbocycles. The minimum absolute atomic E-state index is 0.00892. The summed E-state index contributed by atoms with van der Waals surface area (Å²) in [6.07, 6.45) is 0. The van der Waals surface area contributed by atoms with Crippen LogP contribution in [0.1, 0.15) is 20.9 Å². The van der Waals surface area contributed by atoms with E-state index in [1.54, 1.807) is 0 Å². The van der Waals surface area contributed by atoms with E-state index < -0.39 is 20.3 Å². The molecule has 1 heterocycles. The van der Waals surface area contributed by atoms with Gasteiger partial charge in [-0.3, -0.25) is 10.1 Å². The zero-order valence-electron chi connectivity index (χ0n) is 7.33. The number of aromatic nitrogens is 1. The predicted octanol–water partition coefficient (Wildman–Crippen LogP) is 4.60. The van der Waals surface area contributed by atoms with Crippen molar-refractivity contribution >= 4 is 63.7 Å². The summed E-state index contributed by atoms with van der Waals surface area (Å²) in [5.41, 5.74) is -0.592. The van der Waals surface area contributed by atoms with E-state index in [9.17, 15) is 10.1 Å². The van der Waals surface area contributed by atoms with Crippen LogP contribution in [0.5, 0.6) is 0 Å². The van der Waals surface area contributed by atoms with Gasteiger partial charge in [-0.1, -0.05) is 58.0 Å². The molecule has 0 N–H and O–H groups in total. The second kappa shape index (κ2) is 5.56. The van der Waals surface area contributed by atoms with Crippen molar-refractivity contribution in [2.24, 2.45) is 0 Å². The molecule has 4 nitrogen and oxygen atoms in total. The van der Waals surface area contributed by atoms with Gasteiger partial charge in [-0.25, -0.2) is 4.98 Å². The van der Waals surface area contributed by atoms with Crippen LogP contribution in [0.3, 0.4) is 0 Å². The summed E-state index contributed by atoms with van der Waals surface area (Å²) < 4.78 is 0. The SMILES string of the molecule is O=[N+]([O-])c1c(C(Cl)Cl)cc(Cl)nc1C(Cl)Cl. The van der Waals surface area contributed by atoms with Crippen molar-refractivity contribution in [2.75, 3.05) is 0 Å². The van der Waals surface area contributed by atoms with Gasteiger partial charge >= 0.3 is 0 Å². The molecule has 0 unspecified atom stereocenters. The van der Waals surface area contributed by atoms with Crippen LogP contribution in [0.15, 0.2) is 6.07 Å². The third-order valence-corrected chi connectivity index (χ3v) is 2.72. The Kier molecular flexibility index (Phi) is 4.88. The normalized spacial score (nSPS) is 11.2. The molecule has 88 valence electrons. The Morgan fingerprint density at radius 1 is 1.25 bits per heavy atom. The van der Waals surface area contributed by atoms with Gasteiger partial charge in [0, 0.05) is 0 Å². The van der Waals surface area contributed by atoms with Crippen LogP contribution in [-0.2, 0) is 0 Å². The van der Waals surface area contributed by atoms with E-state index >= 15 is 0 Å². The van der Waals surface area contributed by atoms with Gasteiger partial charge in [-0.05, 0) is 6.07 Å². The topological polar surface area (TPSA) is 56.0 Å². The summed E-state index contributed by atoms with van der Waals surface area (Å²) in [6, 6.07) is 1.20. The lowest BCUT2D eigenvalue weighted by Gasteiger charge is -2.08. The lowest BCUT2D eigenvalue weighted by atomic mass is 10.2. The minimum Gasteiger partial charge on any atom is -0.258 e. The Labute approximate surface area is 116 Å². The second-order valence-corrected chi connectivity index (χ2v) is 5.21. The highest BCUT2D eigenvalue weighted by atomic mass is 35.5. The first-order chi connectivity index (χ1) is 7.34. The molecule has 1 aromatic rings. The molecule has 0 amide bonds. The molecule has 0 aliphatic heterocycles. The first-order valence-electron chi connectivity index (χ1n) is 3.75. The van der Waals surface area contributed by atoms with Crippen LogP contribution in [0.4, 0.5) is 5.69 Å². The van der Waals surface area contributed by atoms with E-state index in [1.165, 1.54) is 6.07 Å². The van der Waals surface area contributed by atoms with E-state index in [4.69, 9.17) is 58.0 Å². The van der Waals surface area contributed by atoms with E-state index in [-0.39, 0.29) is 16.4 Å². The van der Waals surface area contributed by atoms with Crippen LogP contribution < -0.4 is 0 Å². The fourth-order valence-corrected chi connectivity index (χ4v) is 1.91. The van der Waals surface area contributed by atoms with Gasteiger partial charge in [0.15, 0.2) is 10.5 Å². The Bertz CT molecular complexity index is 394. The summed E-state index contributed by atoms with van der Waals surface area (Å²) in [7, 11) is 0. The molecule has 0 aliphatic rings. The number of halogens is 5. The van der Waals surface area contributed by atoms with Gasteiger partial charge < -0.3 is 0 Å². The van der Waals surface area contributed by atoms with Crippen molar-refractivity contribution in [3.05, 3.63) is 32.6 Å². The summed E-state index contributed by atoms with van der Waals surface area (Å²) in [5, 5.41) is 10.8. The van der Waals surface area contributed by atoms with E-state index in [0.29, 0.717) is 0 Å². The van der Waals surface area contributed by atoms with Gasteiger partial charge in [-0.15, -0.1) is 0 Å². The smallest absolute Gasteiger partial charge is 0.258 e. The van der Waals surface area contributed by atoms with Gasteiger partial charge in [0.05, 0.1) is 10.5 Å². The second-order valence-electron chi connectivity index (χ2n) is 2.63. The first-order valence-corrected chi connectivity index (χ1v) is 5.88. The van der Waals surface area contributed by atoms with Crippen molar-refractivity contribution in [1.82, 2.24) is 4.98 Å². The molecule has 0 atom stereocenters. The fraction of sp³-hybridized carbons (Fsp3) is 0.286. The van der Waals surface area contributed by atoms with Gasteiger partial charge in [0.25, 0.3) is 5.69 Å². The highest BCUT2D eigenvalue weighted by Crippen LogP contribution is 2.40. The average Bonchev–Trinajstić information content (AvgIpc) is 2.15. The Morgan fingerprint density at radius 3 is 2.19 bits per heavy atom. The molecule has 9 heteroatoms. The van der Waals surface area contributed by atoms with Gasteiger partial charge in [-0.2, -0.15) is 0 Å². The molecule has 0 aromatic carbocycles. The van der Waals surface area contributed by atoms with Crippen LogP contribution >= 0.6 is 58.0 Å². The zero-order valence-corrected chi connectivity index (χ0v) is 11.1. The monoisotopic (exact) mass is 322 g/mol. The lowest BCUT2D eigenvalue weighted by molar-refractivity contribution is -0.386. The first kappa shape index (κ1) is 14.1.